The van der Waals surface area contributed by atoms with Crippen LogP contribution < -0.4 is 0 Å². The molecule has 0 amide bonds. The maximum absolute atomic E-state index is 4.28. The zero-order valence-corrected chi connectivity index (χ0v) is 8.36. The Kier molecular flexibility index (Phi) is 3.43. The highest BCUT2D eigenvalue weighted by Crippen LogP contribution is 1.99. The molecule has 0 atom stereocenters. The van der Waals surface area contributed by atoms with E-state index >= 15 is 0 Å². The lowest BCUT2D eigenvalue weighted by Crippen LogP contribution is -1.85. The van der Waals surface area contributed by atoms with Gasteiger partial charge in [0.15, 0.2) is 11.5 Å². The van der Waals surface area contributed by atoms with E-state index in [1.54, 1.807) is 4.52 Å². The molecule has 0 saturated carbocycles. The average molecular weight is 177 g/mol. The molecular formula is C10H15N3. The molecule has 2 rings (SSSR count). The average Bonchev–Trinajstić information content (AvgIpc) is 2.63. The van der Waals surface area contributed by atoms with E-state index < -0.39 is 0 Å². The molecule has 0 radical (unpaired) electrons. The fourth-order valence-electron chi connectivity index (χ4n) is 1.03. The molecule has 0 aliphatic carbocycles. The van der Waals surface area contributed by atoms with E-state index in [-0.39, 0.29) is 0 Å². The molecule has 3 nitrogen and oxygen atoms in total. The highest BCUT2D eigenvalue weighted by atomic mass is 15.3. The van der Waals surface area contributed by atoms with Crippen molar-refractivity contribution in [3.63, 3.8) is 0 Å². The van der Waals surface area contributed by atoms with Gasteiger partial charge in [0.05, 0.1) is 0 Å². The Bertz CT molecular complexity index is 332. The van der Waals surface area contributed by atoms with Gasteiger partial charge < -0.3 is 0 Å². The van der Waals surface area contributed by atoms with Crippen LogP contribution in [-0.2, 0) is 6.42 Å². The highest BCUT2D eigenvalue weighted by molar-refractivity contribution is 5.36. The van der Waals surface area contributed by atoms with Gasteiger partial charge in [0, 0.05) is 12.6 Å². The summed E-state index contributed by atoms with van der Waals surface area (Å²) < 4.78 is 1.79. The Morgan fingerprint density at radius 1 is 1.31 bits per heavy atom. The number of aromatic nitrogens is 3. The van der Waals surface area contributed by atoms with Crippen molar-refractivity contribution in [3.8, 4) is 0 Å². The zero-order chi connectivity index (χ0) is 9.68. The molecule has 0 aliphatic heterocycles. The van der Waals surface area contributed by atoms with Crippen molar-refractivity contribution in [2.45, 2.75) is 27.2 Å². The molecule has 3 heteroatoms. The second-order valence-electron chi connectivity index (χ2n) is 2.38. The van der Waals surface area contributed by atoms with Crippen molar-refractivity contribution < 1.29 is 0 Å². The minimum absolute atomic E-state index is 0.891. The van der Waals surface area contributed by atoms with Crippen molar-refractivity contribution in [3.05, 3.63) is 30.2 Å². The van der Waals surface area contributed by atoms with Crippen LogP contribution in [0.1, 0.15) is 26.6 Å². The molecule has 0 fully saturated rings. The Morgan fingerprint density at radius 3 is 2.69 bits per heavy atom. The summed E-state index contributed by atoms with van der Waals surface area (Å²) in [7, 11) is 0. The second kappa shape index (κ2) is 4.60. The van der Waals surface area contributed by atoms with Crippen LogP contribution in [0.25, 0.3) is 5.65 Å². The lowest BCUT2D eigenvalue weighted by atomic mass is 10.5. The number of pyridine rings is 1. The van der Waals surface area contributed by atoms with Crippen molar-refractivity contribution in [1.29, 1.82) is 0 Å². The van der Waals surface area contributed by atoms with E-state index in [0.717, 1.165) is 17.9 Å². The summed E-state index contributed by atoms with van der Waals surface area (Å²) in [5.74, 6) is 0.899. The molecule has 2 aromatic heterocycles. The normalized spacial score (nSPS) is 9.46. The molecule has 13 heavy (non-hydrogen) atoms. The SMILES string of the molecule is CC.CCc1nc2ccccn2n1. The van der Waals surface area contributed by atoms with Gasteiger partial charge in [-0.25, -0.2) is 9.50 Å². The summed E-state index contributed by atoms with van der Waals surface area (Å²) in [5.41, 5.74) is 0.921. The van der Waals surface area contributed by atoms with Crippen molar-refractivity contribution in [2.75, 3.05) is 0 Å². The quantitative estimate of drug-likeness (QED) is 0.669. The topological polar surface area (TPSA) is 30.2 Å². The number of rotatable bonds is 1. The molecule has 2 heterocycles. The van der Waals surface area contributed by atoms with Crippen molar-refractivity contribution in [2.24, 2.45) is 0 Å². The fourth-order valence-corrected chi connectivity index (χ4v) is 1.03. The minimum Gasteiger partial charge on any atom is -0.221 e. The third-order valence-corrected chi connectivity index (χ3v) is 1.60. The van der Waals surface area contributed by atoms with Crippen LogP contribution in [0.3, 0.4) is 0 Å². The predicted molar refractivity (Wildman–Crippen MR) is 53.7 cm³/mol. The van der Waals surface area contributed by atoms with Gasteiger partial charge in [0.25, 0.3) is 0 Å². The van der Waals surface area contributed by atoms with Crippen LogP contribution in [0.4, 0.5) is 0 Å². The molecule has 0 spiro atoms. The number of hydrogen-bond acceptors (Lipinski definition) is 2. The van der Waals surface area contributed by atoms with Gasteiger partial charge in [-0.2, -0.15) is 5.10 Å². The first-order valence-electron chi connectivity index (χ1n) is 4.70. The van der Waals surface area contributed by atoms with E-state index in [4.69, 9.17) is 0 Å². The van der Waals surface area contributed by atoms with E-state index in [1.807, 2.05) is 38.2 Å². The largest absolute Gasteiger partial charge is 0.221 e. The lowest BCUT2D eigenvalue weighted by molar-refractivity contribution is 0.886. The number of nitrogens with zero attached hydrogens (tertiary/aromatic N) is 3. The van der Waals surface area contributed by atoms with Crippen molar-refractivity contribution >= 4 is 5.65 Å². The molecule has 0 N–H and O–H groups in total. The van der Waals surface area contributed by atoms with Gasteiger partial charge in [-0.15, -0.1) is 0 Å². The molecule has 0 bridgehead atoms. The second-order valence-corrected chi connectivity index (χ2v) is 2.38. The fraction of sp³-hybridized carbons (Fsp3) is 0.400. The van der Waals surface area contributed by atoms with E-state index in [0.29, 0.717) is 0 Å². The minimum atomic E-state index is 0.891. The summed E-state index contributed by atoms with van der Waals surface area (Å²) in [6, 6.07) is 5.86. The molecule has 70 valence electrons. The summed E-state index contributed by atoms with van der Waals surface area (Å²) in [6.07, 6.45) is 2.79. The molecule has 0 aromatic carbocycles. The standard InChI is InChI=1S/C8H9N3.C2H6/c1-2-7-9-8-5-3-4-6-11(8)10-7;1-2/h3-6H,2H2,1H3;1-2H3. The van der Waals surface area contributed by atoms with E-state index in [2.05, 4.69) is 17.0 Å². The first-order chi connectivity index (χ1) is 6.40. The van der Waals surface area contributed by atoms with Crippen LogP contribution in [0.15, 0.2) is 24.4 Å². The third kappa shape index (κ3) is 2.05. The zero-order valence-electron chi connectivity index (χ0n) is 8.36. The van der Waals surface area contributed by atoms with Crippen LogP contribution in [0.5, 0.6) is 0 Å². The molecular weight excluding hydrogens is 162 g/mol. The predicted octanol–water partition coefficient (Wildman–Crippen LogP) is 2.32. The Hall–Kier alpha value is -1.38. The van der Waals surface area contributed by atoms with E-state index in [9.17, 15) is 0 Å². The van der Waals surface area contributed by atoms with Gasteiger partial charge in [-0.05, 0) is 12.1 Å². The first kappa shape index (κ1) is 9.71. The summed E-state index contributed by atoms with van der Waals surface area (Å²) in [6.45, 7) is 6.05. The number of aryl methyl sites for hydroxylation is 1. The monoisotopic (exact) mass is 177 g/mol. The first-order valence-corrected chi connectivity index (χ1v) is 4.70. The van der Waals surface area contributed by atoms with Crippen molar-refractivity contribution in [1.82, 2.24) is 14.6 Å². The van der Waals surface area contributed by atoms with Crippen LogP contribution >= 0.6 is 0 Å². The Morgan fingerprint density at radius 2 is 2.08 bits per heavy atom. The van der Waals surface area contributed by atoms with Gasteiger partial charge >= 0.3 is 0 Å². The lowest BCUT2D eigenvalue weighted by Gasteiger charge is -1.84. The molecule has 0 unspecified atom stereocenters. The Labute approximate surface area is 78.4 Å². The summed E-state index contributed by atoms with van der Waals surface area (Å²) in [4.78, 5) is 4.28. The highest BCUT2D eigenvalue weighted by Gasteiger charge is 1.97. The third-order valence-electron chi connectivity index (χ3n) is 1.60. The molecule has 0 saturated heterocycles. The van der Waals surface area contributed by atoms with E-state index in [1.165, 1.54) is 0 Å². The summed E-state index contributed by atoms with van der Waals surface area (Å²) >= 11 is 0. The number of fused-ring (bicyclic) bond motifs is 1. The van der Waals surface area contributed by atoms with Crippen LogP contribution in [-0.4, -0.2) is 14.6 Å². The van der Waals surface area contributed by atoms with Crippen LogP contribution in [0.2, 0.25) is 0 Å². The van der Waals surface area contributed by atoms with Crippen LogP contribution in [0, 0.1) is 0 Å². The maximum Gasteiger partial charge on any atom is 0.155 e. The van der Waals surface area contributed by atoms with Gasteiger partial charge in [-0.3, -0.25) is 0 Å². The van der Waals surface area contributed by atoms with Gasteiger partial charge in [0.1, 0.15) is 0 Å². The smallest absolute Gasteiger partial charge is 0.155 e. The maximum atomic E-state index is 4.28. The van der Waals surface area contributed by atoms with Gasteiger partial charge in [0.2, 0.25) is 0 Å². The summed E-state index contributed by atoms with van der Waals surface area (Å²) in [5, 5.41) is 4.24. The Balaban J connectivity index is 0.000000396. The van der Waals surface area contributed by atoms with Gasteiger partial charge in [-0.1, -0.05) is 26.8 Å². The number of hydrogen-bond donors (Lipinski definition) is 0. The molecule has 2 aromatic rings. The molecule has 0 aliphatic rings.